The Morgan fingerprint density at radius 1 is 1.50 bits per heavy atom. The van der Waals surface area contributed by atoms with E-state index in [0.29, 0.717) is 22.5 Å². The van der Waals surface area contributed by atoms with Crippen LogP contribution in [0.3, 0.4) is 0 Å². The van der Waals surface area contributed by atoms with Gasteiger partial charge in [-0.3, -0.25) is 4.79 Å². The van der Waals surface area contributed by atoms with Crippen LogP contribution in [0.25, 0.3) is 10.2 Å². The van der Waals surface area contributed by atoms with Gasteiger partial charge >= 0.3 is 0 Å². The van der Waals surface area contributed by atoms with Gasteiger partial charge in [0.1, 0.15) is 10.7 Å². The Labute approximate surface area is 147 Å². The molecule has 1 atom stereocenters. The van der Waals surface area contributed by atoms with Crippen molar-refractivity contribution in [1.82, 2.24) is 9.97 Å². The quantitative estimate of drug-likeness (QED) is 0.443. The first kappa shape index (κ1) is 15.7. The average Bonchev–Trinajstić information content (AvgIpc) is 2.91. The number of aromatic amines is 1. The number of thioether (sulfide) groups is 1. The second-order valence-corrected chi connectivity index (χ2v) is 8.28. The highest BCUT2D eigenvalue weighted by molar-refractivity contribution is 7.98. The molecule has 0 amide bonds. The molecule has 24 heavy (non-hydrogen) atoms. The van der Waals surface area contributed by atoms with Crippen LogP contribution in [0.2, 0.25) is 0 Å². The largest absolute Gasteiger partial charge is 0.618 e. The van der Waals surface area contributed by atoms with E-state index < -0.39 is 0 Å². The highest BCUT2D eigenvalue weighted by atomic mass is 32.2. The molecule has 0 fully saturated rings. The molecule has 0 saturated carbocycles. The number of nitrogens with one attached hydrogen (secondary N) is 1. The number of pyridine rings is 1. The second kappa shape index (κ2) is 6.22. The molecule has 4 rings (SSSR count). The van der Waals surface area contributed by atoms with Crippen molar-refractivity contribution in [2.75, 3.05) is 0 Å². The Kier molecular flexibility index (Phi) is 4.05. The predicted molar refractivity (Wildman–Crippen MR) is 96.4 cm³/mol. The molecule has 0 aliphatic heterocycles. The van der Waals surface area contributed by atoms with Crippen LogP contribution in [0, 0.1) is 11.1 Å². The van der Waals surface area contributed by atoms with Gasteiger partial charge in [-0.25, -0.2) is 4.98 Å². The molecule has 1 aliphatic rings. The number of thiophene rings is 1. The fraction of sp³-hybridized carbons (Fsp3) is 0.353. The minimum atomic E-state index is -0.0503. The van der Waals surface area contributed by atoms with Crippen molar-refractivity contribution in [3.05, 3.63) is 56.2 Å². The van der Waals surface area contributed by atoms with Crippen molar-refractivity contribution in [2.24, 2.45) is 5.92 Å². The maximum Gasteiger partial charge on any atom is 0.259 e. The molecule has 0 aromatic carbocycles. The van der Waals surface area contributed by atoms with Gasteiger partial charge in [0.2, 0.25) is 0 Å². The van der Waals surface area contributed by atoms with Crippen LogP contribution in [0.15, 0.2) is 34.2 Å². The van der Waals surface area contributed by atoms with Crippen LogP contribution in [0.4, 0.5) is 0 Å². The Morgan fingerprint density at radius 2 is 2.38 bits per heavy atom. The van der Waals surface area contributed by atoms with E-state index in [-0.39, 0.29) is 5.56 Å². The van der Waals surface area contributed by atoms with E-state index in [1.807, 2.05) is 6.07 Å². The smallest absolute Gasteiger partial charge is 0.259 e. The fourth-order valence-corrected chi connectivity index (χ4v) is 5.31. The molecule has 3 aromatic rings. The lowest BCUT2D eigenvalue weighted by Crippen LogP contribution is -2.27. The Morgan fingerprint density at radius 3 is 3.21 bits per heavy atom. The lowest BCUT2D eigenvalue weighted by atomic mass is 9.89. The summed E-state index contributed by atoms with van der Waals surface area (Å²) in [6, 6.07) is 5.28. The van der Waals surface area contributed by atoms with Gasteiger partial charge in [-0.05, 0) is 48.6 Å². The summed E-state index contributed by atoms with van der Waals surface area (Å²) in [5.41, 5.74) is 1.15. The zero-order valence-corrected chi connectivity index (χ0v) is 14.9. The molecule has 0 spiro atoms. The van der Waals surface area contributed by atoms with E-state index in [9.17, 15) is 10.0 Å². The summed E-state index contributed by atoms with van der Waals surface area (Å²) in [6.45, 7) is 2.26. The molecule has 1 N–H and O–H groups in total. The molecule has 0 saturated heterocycles. The van der Waals surface area contributed by atoms with Crippen LogP contribution in [-0.4, -0.2) is 9.97 Å². The van der Waals surface area contributed by atoms with Crippen molar-refractivity contribution in [2.45, 2.75) is 37.0 Å². The number of aromatic nitrogens is 3. The highest BCUT2D eigenvalue weighted by Gasteiger charge is 2.23. The summed E-state index contributed by atoms with van der Waals surface area (Å²) in [5, 5.41) is 13.1. The standard InChI is InChI=1S/C17H17N3O2S2/c1-10-5-6-11-12(8-10)24-17-15(11)16(21)18-13(19-17)9-23-14-4-2-3-7-20(14)22/h2-4,7,10H,5-6,8-9H2,1H3,(H,18,19,21)/t10-/m1/s1. The molecule has 0 bridgehead atoms. The maximum atomic E-state index is 12.5. The summed E-state index contributed by atoms with van der Waals surface area (Å²) in [5.74, 6) is 1.76. The van der Waals surface area contributed by atoms with Gasteiger partial charge in [0.15, 0.2) is 6.20 Å². The normalized spacial score (nSPS) is 17.1. The number of rotatable bonds is 3. The van der Waals surface area contributed by atoms with E-state index in [2.05, 4.69) is 16.9 Å². The lowest BCUT2D eigenvalue weighted by Gasteiger charge is -2.17. The molecule has 7 heteroatoms. The second-order valence-electron chi connectivity index (χ2n) is 6.20. The Balaban J connectivity index is 1.66. The molecule has 0 unspecified atom stereocenters. The Bertz CT molecular complexity index is 964. The molecule has 3 heterocycles. The minimum Gasteiger partial charge on any atom is -0.618 e. The van der Waals surface area contributed by atoms with Crippen LogP contribution in [-0.2, 0) is 18.6 Å². The molecular weight excluding hydrogens is 342 g/mol. The van der Waals surface area contributed by atoms with Gasteiger partial charge < -0.3 is 10.2 Å². The number of fused-ring (bicyclic) bond motifs is 3. The summed E-state index contributed by atoms with van der Waals surface area (Å²) < 4.78 is 0.826. The number of H-pyrrole nitrogens is 1. The third-order valence-electron chi connectivity index (χ3n) is 4.36. The molecule has 0 radical (unpaired) electrons. The maximum absolute atomic E-state index is 12.5. The number of hydrogen-bond donors (Lipinski definition) is 1. The number of hydrogen-bond acceptors (Lipinski definition) is 5. The van der Waals surface area contributed by atoms with Crippen LogP contribution in [0.5, 0.6) is 0 Å². The van der Waals surface area contributed by atoms with Crippen LogP contribution >= 0.6 is 23.1 Å². The SMILES string of the molecule is C[C@@H]1CCc2c(sc3nc(CSc4cccc[n+]4[O-])[nH]c(=O)c23)C1. The van der Waals surface area contributed by atoms with Crippen LogP contribution < -0.4 is 10.3 Å². The molecule has 1 aliphatic carbocycles. The summed E-state index contributed by atoms with van der Waals surface area (Å²) in [4.78, 5) is 22.2. The average molecular weight is 359 g/mol. The van der Waals surface area contributed by atoms with Crippen LogP contribution in [0.1, 0.15) is 29.6 Å². The molecule has 3 aromatic heterocycles. The topological polar surface area (TPSA) is 72.7 Å². The monoisotopic (exact) mass is 359 g/mol. The Hall–Kier alpha value is -1.86. The van der Waals surface area contributed by atoms with Gasteiger partial charge in [0.05, 0.1) is 11.1 Å². The lowest BCUT2D eigenvalue weighted by molar-refractivity contribution is -0.645. The molecule has 124 valence electrons. The summed E-state index contributed by atoms with van der Waals surface area (Å²) in [7, 11) is 0. The van der Waals surface area contributed by atoms with Gasteiger partial charge in [-0.1, -0.05) is 6.92 Å². The zero-order valence-electron chi connectivity index (χ0n) is 13.2. The third-order valence-corrected chi connectivity index (χ3v) is 6.54. The van der Waals surface area contributed by atoms with Gasteiger partial charge in [-0.15, -0.1) is 11.3 Å². The van der Waals surface area contributed by atoms with Gasteiger partial charge in [0.25, 0.3) is 10.6 Å². The summed E-state index contributed by atoms with van der Waals surface area (Å²) >= 11 is 3.02. The van der Waals surface area contributed by atoms with E-state index in [4.69, 9.17) is 0 Å². The predicted octanol–water partition coefficient (Wildman–Crippen LogP) is 3.04. The van der Waals surface area contributed by atoms with Crippen molar-refractivity contribution < 1.29 is 4.73 Å². The first-order chi connectivity index (χ1) is 11.6. The van der Waals surface area contributed by atoms with E-state index in [0.717, 1.165) is 34.2 Å². The summed E-state index contributed by atoms with van der Waals surface area (Å²) in [6.07, 6.45) is 4.61. The van der Waals surface area contributed by atoms with E-state index >= 15 is 0 Å². The van der Waals surface area contributed by atoms with E-state index in [1.54, 1.807) is 23.5 Å². The van der Waals surface area contributed by atoms with Crippen molar-refractivity contribution in [3.8, 4) is 0 Å². The van der Waals surface area contributed by atoms with Crippen molar-refractivity contribution in [3.63, 3.8) is 0 Å². The first-order valence-electron chi connectivity index (χ1n) is 7.96. The fourth-order valence-electron chi connectivity index (χ4n) is 3.13. The highest BCUT2D eigenvalue weighted by Crippen LogP contribution is 2.35. The number of nitrogens with zero attached hydrogens (tertiary/aromatic N) is 2. The van der Waals surface area contributed by atoms with Gasteiger partial charge in [-0.2, -0.15) is 4.73 Å². The third kappa shape index (κ3) is 2.82. The zero-order chi connectivity index (χ0) is 16.7. The van der Waals surface area contributed by atoms with Crippen molar-refractivity contribution in [1.29, 1.82) is 0 Å². The molecular formula is C17H17N3O2S2. The van der Waals surface area contributed by atoms with E-state index in [1.165, 1.54) is 28.4 Å². The minimum absolute atomic E-state index is 0.0503. The number of aryl methyl sites for hydroxylation is 1. The first-order valence-corrected chi connectivity index (χ1v) is 9.76. The van der Waals surface area contributed by atoms with Gasteiger partial charge in [0, 0.05) is 17.0 Å². The molecule has 5 nitrogen and oxygen atoms in total. The van der Waals surface area contributed by atoms with Crippen molar-refractivity contribution >= 4 is 33.3 Å².